The normalized spacial score (nSPS) is 25.2. The van der Waals surface area contributed by atoms with Crippen molar-refractivity contribution in [2.75, 3.05) is 19.6 Å². The van der Waals surface area contributed by atoms with Crippen LogP contribution in [0.15, 0.2) is 16.9 Å². The van der Waals surface area contributed by atoms with Gasteiger partial charge in [0.15, 0.2) is 0 Å². The maximum atomic E-state index is 12.7. The fraction of sp³-hybridized carbons (Fsp3) is 0.625. The molecule has 0 unspecified atom stereocenters. The lowest BCUT2D eigenvalue weighted by atomic mass is 9.91. The first-order valence-corrected chi connectivity index (χ1v) is 7.83. The third-order valence-corrected chi connectivity index (χ3v) is 4.72. The standard InChI is InChI=1S/C16H23N3O2/c1-10(2)13-6-5-12(15(20)18-13)16(21)19-7-3-4-11-8-17-9-14(11)19/h5-6,10-11,14,17H,3-4,7-9H2,1-2H3,(H,18,20)/t11-,14+/m0/s1. The highest BCUT2D eigenvalue weighted by molar-refractivity contribution is 5.94. The number of likely N-dealkylation sites (tertiary alicyclic amines) is 1. The summed E-state index contributed by atoms with van der Waals surface area (Å²) in [5.41, 5.74) is 0.877. The van der Waals surface area contributed by atoms with E-state index >= 15 is 0 Å². The van der Waals surface area contributed by atoms with Gasteiger partial charge >= 0.3 is 0 Å². The highest BCUT2D eigenvalue weighted by Crippen LogP contribution is 2.27. The van der Waals surface area contributed by atoms with Gasteiger partial charge in [-0.15, -0.1) is 0 Å². The van der Waals surface area contributed by atoms with Crippen LogP contribution in [0.4, 0.5) is 0 Å². The number of pyridine rings is 1. The van der Waals surface area contributed by atoms with Crippen LogP contribution in [-0.2, 0) is 0 Å². The summed E-state index contributed by atoms with van der Waals surface area (Å²) in [5.74, 6) is 0.668. The number of nitrogens with one attached hydrogen (secondary N) is 2. The van der Waals surface area contributed by atoms with Crippen molar-refractivity contribution in [3.63, 3.8) is 0 Å². The second-order valence-electron chi connectivity index (χ2n) is 6.44. The van der Waals surface area contributed by atoms with Gasteiger partial charge < -0.3 is 15.2 Å². The van der Waals surface area contributed by atoms with Crippen molar-refractivity contribution in [2.24, 2.45) is 5.92 Å². The molecule has 0 aromatic carbocycles. The number of hydrogen-bond acceptors (Lipinski definition) is 3. The third-order valence-electron chi connectivity index (χ3n) is 4.72. The largest absolute Gasteiger partial charge is 0.334 e. The average Bonchev–Trinajstić information content (AvgIpc) is 2.94. The van der Waals surface area contributed by atoms with Gasteiger partial charge in [0.1, 0.15) is 5.56 Å². The molecular formula is C16H23N3O2. The predicted molar refractivity (Wildman–Crippen MR) is 81.6 cm³/mol. The number of rotatable bonds is 2. The molecule has 5 nitrogen and oxygen atoms in total. The molecule has 114 valence electrons. The van der Waals surface area contributed by atoms with Crippen LogP contribution in [0.5, 0.6) is 0 Å². The van der Waals surface area contributed by atoms with Crippen molar-refractivity contribution in [3.8, 4) is 0 Å². The van der Waals surface area contributed by atoms with Crippen LogP contribution in [0, 0.1) is 5.92 Å². The number of hydrogen-bond donors (Lipinski definition) is 2. The molecule has 5 heteroatoms. The van der Waals surface area contributed by atoms with Gasteiger partial charge in [-0.3, -0.25) is 9.59 Å². The van der Waals surface area contributed by atoms with Crippen LogP contribution in [-0.4, -0.2) is 41.5 Å². The second kappa shape index (κ2) is 5.64. The summed E-state index contributed by atoms with van der Waals surface area (Å²) in [6.07, 6.45) is 2.20. The fourth-order valence-corrected chi connectivity index (χ4v) is 3.47. The van der Waals surface area contributed by atoms with Gasteiger partial charge in [0.2, 0.25) is 0 Å². The zero-order valence-electron chi connectivity index (χ0n) is 12.7. The molecule has 0 radical (unpaired) electrons. The zero-order chi connectivity index (χ0) is 15.0. The second-order valence-corrected chi connectivity index (χ2v) is 6.44. The number of H-pyrrole nitrogens is 1. The molecule has 0 spiro atoms. The summed E-state index contributed by atoms with van der Waals surface area (Å²) >= 11 is 0. The van der Waals surface area contributed by atoms with E-state index in [1.807, 2.05) is 24.8 Å². The maximum absolute atomic E-state index is 12.7. The molecule has 3 rings (SSSR count). The Kier molecular flexibility index (Phi) is 3.85. The number of carbonyl (C=O) groups excluding carboxylic acids is 1. The Morgan fingerprint density at radius 1 is 1.33 bits per heavy atom. The van der Waals surface area contributed by atoms with Gasteiger partial charge in [-0.1, -0.05) is 13.8 Å². The lowest BCUT2D eigenvalue weighted by Crippen LogP contribution is -2.49. The van der Waals surface area contributed by atoms with E-state index in [4.69, 9.17) is 0 Å². The van der Waals surface area contributed by atoms with Crippen LogP contribution in [0.1, 0.15) is 48.7 Å². The van der Waals surface area contributed by atoms with E-state index in [2.05, 4.69) is 10.3 Å². The van der Waals surface area contributed by atoms with Crippen LogP contribution >= 0.6 is 0 Å². The Bertz CT molecular complexity index is 593. The summed E-state index contributed by atoms with van der Waals surface area (Å²) < 4.78 is 0. The molecule has 2 atom stereocenters. The monoisotopic (exact) mass is 289 g/mol. The van der Waals surface area contributed by atoms with E-state index in [1.165, 1.54) is 6.42 Å². The van der Waals surface area contributed by atoms with Crippen molar-refractivity contribution >= 4 is 5.91 Å². The lowest BCUT2D eigenvalue weighted by molar-refractivity contribution is 0.0573. The molecule has 1 amide bonds. The van der Waals surface area contributed by atoms with Crippen LogP contribution in [0.2, 0.25) is 0 Å². The first-order chi connectivity index (χ1) is 10.1. The molecule has 0 bridgehead atoms. The molecule has 2 saturated heterocycles. The van der Waals surface area contributed by atoms with Gasteiger partial charge in [-0.25, -0.2) is 0 Å². The Hall–Kier alpha value is -1.62. The Morgan fingerprint density at radius 2 is 2.14 bits per heavy atom. The van der Waals surface area contributed by atoms with Crippen molar-refractivity contribution in [3.05, 3.63) is 33.7 Å². The van der Waals surface area contributed by atoms with E-state index < -0.39 is 0 Å². The van der Waals surface area contributed by atoms with Gasteiger partial charge in [0, 0.05) is 31.4 Å². The molecule has 1 aromatic rings. The first-order valence-electron chi connectivity index (χ1n) is 7.83. The number of carbonyl (C=O) groups is 1. The van der Waals surface area contributed by atoms with E-state index in [0.29, 0.717) is 5.92 Å². The Morgan fingerprint density at radius 3 is 2.86 bits per heavy atom. The molecule has 2 N–H and O–H groups in total. The van der Waals surface area contributed by atoms with E-state index in [9.17, 15) is 9.59 Å². The van der Waals surface area contributed by atoms with Crippen molar-refractivity contribution in [2.45, 2.75) is 38.6 Å². The van der Waals surface area contributed by atoms with E-state index in [-0.39, 0.29) is 29.0 Å². The smallest absolute Gasteiger partial charge is 0.261 e. The van der Waals surface area contributed by atoms with Crippen LogP contribution in [0.25, 0.3) is 0 Å². The summed E-state index contributed by atoms with van der Waals surface area (Å²) in [6.45, 7) is 6.63. The van der Waals surface area contributed by atoms with Gasteiger partial charge in [-0.2, -0.15) is 0 Å². The average molecular weight is 289 g/mol. The predicted octanol–water partition coefficient (Wildman–Crippen LogP) is 1.32. The lowest BCUT2D eigenvalue weighted by Gasteiger charge is -2.37. The number of fused-ring (bicyclic) bond motifs is 1. The highest BCUT2D eigenvalue weighted by atomic mass is 16.2. The van der Waals surface area contributed by atoms with Gasteiger partial charge in [-0.05, 0) is 36.8 Å². The van der Waals surface area contributed by atoms with Crippen molar-refractivity contribution in [1.29, 1.82) is 0 Å². The summed E-state index contributed by atoms with van der Waals surface area (Å²) in [5, 5.41) is 3.36. The molecule has 2 fully saturated rings. The summed E-state index contributed by atoms with van der Waals surface area (Å²) in [4.78, 5) is 29.7. The number of piperidine rings is 1. The molecule has 2 aliphatic heterocycles. The number of nitrogens with zero attached hydrogens (tertiary/aromatic N) is 1. The fourth-order valence-electron chi connectivity index (χ4n) is 3.47. The van der Waals surface area contributed by atoms with E-state index in [0.717, 1.165) is 31.7 Å². The Balaban J connectivity index is 1.86. The highest BCUT2D eigenvalue weighted by Gasteiger charge is 2.38. The van der Waals surface area contributed by atoms with Crippen LogP contribution in [0.3, 0.4) is 0 Å². The SMILES string of the molecule is CC(C)c1ccc(C(=O)N2CCC[C@H]3CNC[C@H]32)c(=O)[nH]1. The quantitative estimate of drug-likeness (QED) is 0.863. The minimum atomic E-state index is -0.265. The van der Waals surface area contributed by atoms with Gasteiger partial charge in [0.25, 0.3) is 11.5 Å². The number of amides is 1. The molecule has 0 saturated carbocycles. The third kappa shape index (κ3) is 2.62. The minimum Gasteiger partial charge on any atom is -0.334 e. The topological polar surface area (TPSA) is 65.2 Å². The molecule has 2 aliphatic rings. The Labute approximate surface area is 124 Å². The van der Waals surface area contributed by atoms with Crippen molar-refractivity contribution < 1.29 is 4.79 Å². The van der Waals surface area contributed by atoms with Gasteiger partial charge in [0.05, 0.1) is 0 Å². The van der Waals surface area contributed by atoms with Crippen LogP contribution < -0.4 is 10.9 Å². The first kappa shape index (κ1) is 14.3. The molecular weight excluding hydrogens is 266 g/mol. The molecule has 21 heavy (non-hydrogen) atoms. The molecule has 1 aromatic heterocycles. The number of aromatic amines is 1. The maximum Gasteiger partial charge on any atom is 0.261 e. The molecule has 3 heterocycles. The zero-order valence-corrected chi connectivity index (χ0v) is 12.7. The van der Waals surface area contributed by atoms with E-state index in [1.54, 1.807) is 6.07 Å². The van der Waals surface area contributed by atoms with Crippen molar-refractivity contribution in [1.82, 2.24) is 15.2 Å². The minimum absolute atomic E-state index is 0.120. The summed E-state index contributed by atoms with van der Waals surface area (Å²) in [7, 11) is 0. The number of aromatic nitrogens is 1. The summed E-state index contributed by atoms with van der Waals surface area (Å²) in [6, 6.07) is 3.78. The molecule has 0 aliphatic carbocycles.